The number of hydrogen-bond donors (Lipinski definition) is 2. The van der Waals surface area contributed by atoms with Crippen LogP contribution in [0, 0.1) is 22.9 Å². The maximum atomic E-state index is 5.87. The van der Waals surface area contributed by atoms with Crippen molar-refractivity contribution in [2.75, 3.05) is 0 Å². The summed E-state index contributed by atoms with van der Waals surface area (Å²) in [5.74, 6) is 8.03. The average Bonchev–Trinajstić information content (AvgIpc) is 4.02. The van der Waals surface area contributed by atoms with Crippen LogP contribution in [0.3, 0.4) is 0 Å². The number of benzene rings is 4. The van der Waals surface area contributed by atoms with Crippen molar-refractivity contribution >= 4 is 59.8 Å². The standard InChI is InChI=1S/C58H62N4Si2/c1-35(2)63(36(3)4,37(5)6)31-29-49-55-45-25-17-15-23-43(45)53(60-55)33-51-41-21-13-14-22-42(41)52(59-51)34-54-44-24-16-18-26-46(44)56(61-54)50(30-32-64(38(7)8,39(9)10)40(11)12)58-48-28-20-19-27-47(48)57(49)62-58/h13-28,33-40,60-61H,1-12H3. The fourth-order valence-corrected chi connectivity index (χ4v) is 22.3. The highest BCUT2D eigenvalue weighted by Crippen LogP contribution is 2.46. The van der Waals surface area contributed by atoms with Gasteiger partial charge in [-0.05, 0) is 45.4 Å². The Morgan fingerprint density at radius 2 is 0.703 bits per heavy atom. The fourth-order valence-electron chi connectivity index (χ4n) is 11.9. The lowest BCUT2D eigenvalue weighted by Gasteiger charge is -2.38. The van der Waals surface area contributed by atoms with Gasteiger partial charge in [0.2, 0.25) is 0 Å². The van der Waals surface area contributed by atoms with Crippen LogP contribution in [0.25, 0.3) is 88.6 Å². The van der Waals surface area contributed by atoms with Crippen molar-refractivity contribution < 1.29 is 0 Å². The molecule has 64 heavy (non-hydrogen) atoms. The van der Waals surface area contributed by atoms with Crippen LogP contribution in [0.15, 0.2) is 109 Å². The largest absolute Gasteiger partial charge is 0.353 e. The highest BCUT2D eigenvalue weighted by atomic mass is 28.3. The minimum atomic E-state index is -2.19. The van der Waals surface area contributed by atoms with Crippen LogP contribution in [0.5, 0.6) is 0 Å². The van der Waals surface area contributed by atoms with Crippen molar-refractivity contribution in [3.8, 4) is 68.0 Å². The predicted molar refractivity (Wildman–Crippen MR) is 281 cm³/mol. The summed E-state index contributed by atoms with van der Waals surface area (Å²) in [7, 11) is -4.39. The van der Waals surface area contributed by atoms with Crippen LogP contribution in [0.1, 0.15) is 94.2 Å². The summed E-state index contributed by atoms with van der Waals surface area (Å²) < 4.78 is 0. The van der Waals surface area contributed by atoms with Crippen LogP contribution in [-0.2, 0) is 0 Å². The molecular formula is C58H62N4Si2. The second-order valence-corrected chi connectivity index (χ2v) is 31.2. The lowest BCUT2D eigenvalue weighted by molar-refractivity contribution is 0.838. The summed E-state index contributed by atoms with van der Waals surface area (Å²) >= 11 is 0. The van der Waals surface area contributed by atoms with Gasteiger partial charge in [-0.1, -0.05) is 192 Å². The smallest absolute Gasteiger partial charge is 0.146 e. The monoisotopic (exact) mass is 870 g/mol. The van der Waals surface area contributed by atoms with Crippen molar-refractivity contribution in [1.82, 2.24) is 19.9 Å². The topological polar surface area (TPSA) is 57.4 Å². The van der Waals surface area contributed by atoms with Crippen molar-refractivity contribution in [1.29, 1.82) is 0 Å². The lowest BCUT2D eigenvalue weighted by atomic mass is 9.99. The van der Waals surface area contributed by atoms with Gasteiger partial charge in [-0.25, -0.2) is 9.97 Å². The van der Waals surface area contributed by atoms with E-state index in [9.17, 15) is 0 Å². The zero-order valence-electron chi connectivity index (χ0n) is 39.8. The third-order valence-corrected chi connectivity index (χ3v) is 27.5. The molecule has 0 unspecified atom stereocenters. The molecule has 6 heteroatoms. The number of nitrogens with one attached hydrogen (secondary N) is 2. The molecule has 0 saturated carbocycles. The number of hydrogen-bond acceptors (Lipinski definition) is 2. The van der Waals surface area contributed by atoms with Crippen molar-refractivity contribution in [3.63, 3.8) is 0 Å². The molecule has 4 nitrogen and oxygen atoms in total. The van der Waals surface area contributed by atoms with E-state index in [0.29, 0.717) is 33.2 Å². The van der Waals surface area contributed by atoms with Crippen LogP contribution in [0.2, 0.25) is 33.2 Å². The predicted octanol–water partition coefficient (Wildman–Crippen LogP) is 16.4. The maximum Gasteiger partial charge on any atom is 0.146 e. The Hall–Kier alpha value is -5.93. The summed E-state index contributed by atoms with van der Waals surface area (Å²) in [6, 6.07) is 39.3. The third-order valence-electron chi connectivity index (χ3n) is 14.9. The zero-order valence-corrected chi connectivity index (χ0v) is 41.8. The second-order valence-electron chi connectivity index (χ2n) is 20.0. The molecule has 7 aromatic rings. The van der Waals surface area contributed by atoms with E-state index >= 15 is 0 Å². The molecule has 9 rings (SSSR count). The van der Waals surface area contributed by atoms with Gasteiger partial charge < -0.3 is 9.97 Å². The number of aromatic amines is 2. The van der Waals surface area contributed by atoms with E-state index in [-0.39, 0.29) is 0 Å². The van der Waals surface area contributed by atoms with Crippen LogP contribution in [0.4, 0.5) is 0 Å². The Kier molecular flexibility index (Phi) is 11.2. The minimum Gasteiger partial charge on any atom is -0.353 e. The Morgan fingerprint density at radius 1 is 0.391 bits per heavy atom. The van der Waals surface area contributed by atoms with Gasteiger partial charge in [-0.15, -0.1) is 11.1 Å². The van der Waals surface area contributed by atoms with Crippen molar-refractivity contribution in [2.45, 2.75) is 116 Å². The third kappa shape index (κ3) is 6.81. The van der Waals surface area contributed by atoms with Gasteiger partial charge in [-0.2, -0.15) is 0 Å². The first-order valence-electron chi connectivity index (χ1n) is 23.5. The van der Waals surface area contributed by atoms with E-state index in [0.717, 1.165) is 99.8 Å². The molecule has 0 saturated heterocycles. The van der Waals surface area contributed by atoms with Crippen LogP contribution < -0.4 is 0 Å². The van der Waals surface area contributed by atoms with Crippen molar-refractivity contribution in [3.05, 3.63) is 120 Å². The second kappa shape index (κ2) is 16.6. The average molecular weight is 871 g/mol. The van der Waals surface area contributed by atoms with Gasteiger partial charge in [0.05, 0.1) is 44.9 Å². The Labute approximate surface area is 382 Å². The molecule has 0 radical (unpaired) electrons. The molecule has 0 aliphatic carbocycles. The summed E-state index contributed by atoms with van der Waals surface area (Å²) in [5.41, 5.74) is 25.0. The molecule has 2 N–H and O–H groups in total. The van der Waals surface area contributed by atoms with E-state index in [4.69, 9.17) is 9.97 Å². The van der Waals surface area contributed by atoms with Crippen LogP contribution in [-0.4, -0.2) is 36.1 Å². The molecule has 2 aliphatic rings. The van der Waals surface area contributed by atoms with Gasteiger partial charge in [-0.3, -0.25) is 0 Å². The molecule has 0 fully saturated rings. The maximum absolute atomic E-state index is 5.87. The molecule has 4 aromatic carbocycles. The molecule has 322 valence electrons. The Morgan fingerprint density at radius 3 is 1.05 bits per heavy atom. The summed E-state index contributed by atoms with van der Waals surface area (Å²) in [5, 5.41) is 4.50. The first-order valence-corrected chi connectivity index (χ1v) is 28.0. The molecule has 8 bridgehead atoms. The highest BCUT2D eigenvalue weighted by molar-refractivity contribution is 6.91. The van der Waals surface area contributed by atoms with E-state index in [1.54, 1.807) is 0 Å². The lowest BCUT2D eigenvalue weighted by Crippen LogP contribution is -2.43. The number of fused-ring (bicyclic) bond motifs is 20. The molecular weight excluding hydrogens is 809 g/mol. The zero-order chi connectivity index (χ0) is 45.2. The fraction of sp³-hybridized carbons (Fsp3) is 0.310. The quantitative estimate of drug-likeness (QED) is 0.129. The number of nitrogens with zero attached hydrogens (tertiary/aromatic N) is 2. The highest BCUT2D eigenvalue weighted by Gasteiger charge is 2.43. The van der Waals surface area contributed by atoms with E-state index in [1.165, 1.54) is 0 Å². The van der Waals surface area contributed by atoms with E-state index in [2.05, 4.69) is 225 Å². The minimum absolute atomic E-state index is 0.469. The molecule has 0 atom stereocenters. The first-order chi connectivity index (χ1) is 30.7. The molecule has 3 aromatic heterocycles. The van der Waals surface area contributed by atoms with E-state index in [1.807, 2.05) is 0 Å². The summed E-state index contributed by atoms with van der Waals surface area (Å²) in [4.78, 5) is 19.3. The summed E-state index contributed by atoms with van der Waals surface area (Å²) in [6.07, 6.45) is 0. The molecule has 2 aliphatic heterocycles. The number of aromatic nitrogens is 4. The van der Waals surface area contributed by atoms with Gasteiger partial charge >= 0.3 is 0 Å². The Bertz CT molecular complexity index is 3020. The SMILES string of the molecule is CC(C)[Si](C#Cc1c2nc(c(C#C[Si](C(C)C)(C(C)C)C(C)C)c3[nH]c(cc4nc(cc5[nH]c1c1ccccc51)-c1ccccc1-4)c1ccccc31)-c1ccccc1-2)(C(C)C)C(C)C. The first kappa shape index (κ1) is 43.3. The number of rotatable bonds is 6. The Balaban J connectivity index is 1.58. The molecule has 0 amide bonds. The van der Waals surface area contributed by atoms with Crippen LogP contribution >= 0.6 is 0 Å². The normalized spacial score (nSPS) is 12.7. The van der Waals surface area contributed by atoms with Gasteiger partial charge in [0.15, 0.2) is 0 Å². The van der Waals surface area contributed by atoms with E-state index < -0.39 is 16.1 Å². The van der Waals surface area contributed by atoms with Gasteiger partial charge in [0.1, 0.15) is 16.1 Å². The van der Waals surface area contributed by atoms with Gasteiger partial charge in [0.25, 0.3) is 0 Å². The van der Waals surface area contributed by atoms with Gasteiger partial charge in [0, 0.05) is 54.8 Å². The molecule has 0 spiro atoms. The number of H-pyrrole nitrogens is 2. The molecule has 5 heterocycles. The summed E-state index contributed by atoms with van der Waals surface area (Å²) in [6.45, 7) is 28.7. The van der Waals surface area contributed by atoms with Crippen molar-refractivity contribution in [2.24, 2.45) is 0 Å².